The van der Waals surface area contributed by atoms with Crippen LogP contribution in [0.4, 0.5) is 0 Å². The van der Waals surface area contributed by atoms with Gasteiger partial charge >= 0.3 is 0 Å². The predicted octanol–water partition coefficient (Wildman–Crippen LogP) is 3.99. The van der Waals surface area contributed by atoms with Crippen LogP contribution in [0.2, 0.25) is 0 Å². The molecule has 0 aliphatic carbocycles. The molecule has 14 heavy (non-hydrogen) atoms. The largest absolute Gasteiger partial charge is 0.256 e. The zero-order valence-corrected chi connectivity index (χ0v) is 7.99. The molecule has 0 amide bonds. The summed E-state index contributed by atoms with van der Waals surface area (Å²) in [6.45, 7) is 4.41. The Hall–Kier alpha value is -1.37. The van der Waals surface area contributed by atoms with Gasteiger partial charge in [-0.25, -0.2) is 0 Å². The number of pyridine rings is 1. The van der Waals surface area contributed by atoms with E-state index in [0.29, 0.717) is 5.92 Å². The molecule has 0 saturated carbocycles. The van der Waals surface area contributed by atoms with Gasteiger partial charge in [-0.3, -0.25) is 4.98 Å². The summed E-state index contributed by atoms with van der Waals surface area (Å²) in [6, 6.07) is 10.5. The van der Waals surface area contributed by atoms with Crippen LogP contribution in [0.15, 0.2) is 36.5 Å². The van der Waals surface area contributed by atoms with Crippen LogP contribution >= 0.6 is 0 Å². The van der Waals surface area contributed by atoms with Gasteiger partial charge in [0.1, 0.15) is 0 Å². The molecule has 0 fully saturated rings. The van der Waals surface area contributed by atoms with Crippen molar-refractivity contribution in [2.75, 3.05) is 0 Å². The second-order valence-corrected chi connectivity index (χ2v) is 3.61. The molecule has 0 spiro atoms. The quantitative estimate of drug-likeness (QED) is 0.657. The molecular weight excluding hydrogens is 170 g/mol. The van der Waals surface area contributed by atoms with Gasteiger partial charge in [-0.2, -0.15) is 0 Å². The highest BCUT2D eigenvalue weighted by Crippen LogP contribution is 2.19. The molecule has 1 heteroatoms. The Bertz CT molecular complexity index is 418. The van der Waals surface area contributed by atoms with Crippen LogP contribution in [0.25, 0.3) is 10.9 Å². The first-order chi connectivity index (χ1) is 6.27. The lowest BCUT2D eigenvalue weighted by Crippen LogP contribution is -1.87. The van der Waals surface area contributed by atoms with E-state index in [9.17, 15) is 0 Å². The second-order valence-electron chi connectivity index (χ2n) is 3.61. The zero-order valence-electron chi connectivity index (χ0n) is 7.99. The molecule has 0 N–H and O–H groups in total. The molecule has 74 valence electrons. The Balaban J connectivity index is 0.000000980. The van der Waals surface area contributed by atoms with Crippen molar-refractivity contribution < 1.29 is 0 Å². The number of hydrogen-bond acceptors (Lipinski definition) is 1. The standard InChI is InChI=1S/C12H13N.CH4/c1-9(2)10-5-6-12-11(8-10)4-3-7-13-12;/h3-9H,1-2H3;1H4. The molecule has 1 heterocycles. The van der Waals surface area contributed by atoms with Crippen LogP contribution in [0.5, 0.6) is 0 Å². The van der Waals surface area contributed by atoms with Crippen LogP contribution in [0.3, 0.4) is 0 Å². The molecule has 0 saturated heterocycles. The summed E-state index contributed by atoms with van der Waals surface area (Å²) in [5.74, 6) is 0.588. The van der Waals surface area contributed by atoms with Crippen molar-refractivity contribution >= 4 is 10.9 Å². The highest BCUT2D eigenvalue weighted by Gasteiger charge is 1.99. The molecule has 0 radical (unpaired) electrons. The van der Waals surface area contributed by atoms with E-state index < -0.39 is 0 Å². The second kappa shape index (κ2) is 4.23. The van der Waals surface area contributed by atoms with E-state index in [-0.39, 0.29) is 7.43 Å². The monoisotopic (exact) mass is 187 g/mol. The van der Waals surface area contributed by atoms with Crippen LogP contribution in [0.1, 0.15) is 32.8 Å². The summed E-state index contributed by atoms with van der Waals surface area (Å²) in [5.41, 5.74) is 2.45. The van der Waals surface area contributed by atoms with Gasteiger partial charge in [0, 0.05) is 11.6 Å². The number of nitrogens with zero attached hydrogens (tertiary/aromatic N) is 1. The van der Waals surface area contributed by atoms with Crippen molar-refractivity contribution in [2.24, 2.45) is 0 Å². The Morgan fingerprint density at radius 1 is 1.14 bits per heavy atom. The van der Waals surface area contributed by atoms with Gasteiger partial charge in [-0.05, 0) is 29.7 Å². The number of aromatic nitrogens is 1. The molecule has 0 atom stereocenters. The van der Waals surface area contributed by atoms with E-state index in [0.717, 1.165) is 5.52 Å². The molecule has 0 aliphatic heterocycles. The topological polar surface area (TPSA) is 12.9 Å². The maximum atomic E-state index is 4.28. The number of hydrogen-bond donors (Lipinski definition) is 0. The zero-order chi connectivity index (χ0) is 9.26. The SMILES string of the molecule is C.CC(C)c1ccc2ncccc2c1. The lowest BCUT2D eigenvalue weighted by molar-refractivity contribution is 0.868. The van der Waals surface area contributed by atoms with Crippen molar-refractivity contribution in [1.82, 2.24) is 4.98 Å². The Morgan fingerprint density at radius 3 is 2.64 bits per heavy atom. The first kappa shape index (κ1) is 10.7. The van der Waals surface area contributed by atoms with E-state index in [1.54, 1.807) is 0 Å². The highest BCUT2D eigenvalue weighted by atomic mass is 14.6. The van der Waals surface area contributed by atoms with E-state index in [4.69, 9.17) is 0 Å². The summed E-state index contributed by atoms with van der Waals surface area (Å²) in [4.78, 5) is 4.28. The van der Waals surface area contributed by atoms with Gasteiger partial charge in [0.05, 0.1) is 5.52 Å². The Morgan fingerprint density at radius 2 is 1.93 bits per heavy atom. The van der Waals surface area contributed by atoms with Crippen molar-refractivity contribution in [1.29, 1.82) is 0 Å². The Kier molecular flexibility index (Phi) is 3.23. The first-order valence-corrected chi connectivity index (χ1v) is 4.62. The molecule has 2 aromatic rings. The minimum absolute atomic E-state index is 0. The normalized spacial score (nSPS) is 10.2. The number of fused-ring (bicyclic) bond motifs is 1. The van der Waals surface area contributed by atoms with Gasteiger partial charge in [0.2, 0.25) is 0 Å². The van der Waals surface area contributed by atoms with Crippen molar-refractivity contribution in [3.05, 3.63) is 42.1 Å². The van der Waals surface area contributed by atoms with Crippen LogP contribution < -0.4 is 0 Å². The van der Waals surface area contributed by atoms with E-state index in [1.165, 1.54) is 10.9 Å². The van der Waals surface area contributed by atoms with Crippen LogP contribution in [0, 0.1) is 0 Å². The average Bonchev–Trinajstić information content (AvgIpc) is 2.17. The average molecular weight is 187 g/mol. The minimum atomic E-state index is 0. The predicted molar refractivity (Wildman–Crippen MR) is 62.6 cm³/mol. The molecule has 1 nitrogen and oxygen atoms in total. The summed E-state index contributed by atoms with van der Waals surface area (Å²) < 4.78 is 0. The van der Waals surface area contributed by atoms with Gasteiger partial charge in [-0.15, -0.1) is 0 Å². The molecule has 1 aromatic heterocycles. The van der Waals surface area contributed by atoms with Gasteiger partial charge in [0.15, 0.2) is 0 Å². The van der Waals surface area contributed by atoms with Crippen LogP contribution in [-0.2, 0) is 0 Å². The third kappa shape index (κ3) is 1.92. The molecular formula is C13H17N. The maximum absolute atomic E-state index is 4.28. The third-order valence-corrected chi connectivity index (χ3v) is 2.29. The third-order valence-electron chi connectivity index (χ3n) is 2.29. The molecule has 0 unspecified atom stereocenters. The lowest BCUT2D eigenvalue weighted by Gasteiger charge is -2.05. The number of rotatable bonds is 1. The lowest BCUT2D eigenvalue weighted by atomic mass is 10.0. The summed E-state index contributed by atoms with van der Waals surface area (Å²) in [6.07, 6.45) is 1.83. The van der Waals surface area contributed by atoms with Crippen molar-refractivity contribution in [2.45, 2.75) is 27.2 Å². The fourth-order valence-corrected chi connectivity index (χ4v) is 1.45. The van der Waals surface area contributed by atoms with E-state index in [2.05, 4.69) is 43.1 Å². The van der Waals surface area contributed by atoms with E-state index in [1.807, 2.05) is 12.3 Å². The molecule has 0 aliphatic rings. The van der Waals surface area contributed by atoms with E-state index >= 15 is 0 Å². The number of benzene rings is 1. The summed E-state index contributed by atoms with van der Waals surface area (Å²) >= 11 is 0. The first-order valence-electron chi connectivity index (χ1n) is 4.62. The van der Waals surface area contributed by atoms with Crippen LogP contribution in [-0.4, -0.2) is 4.98 Å². The summed E-state index contributed by atoms with van der Waals surface area (Å²) in [7, 11) is 0. The minimum Gasteiger partial charge on any atom is -0.256 e. The highest BCUT2D eigenvalue weighted by molar-refractivity contribution is 5.79. The fourth-order valence-electron chi connectivity index (χ4n) is 1.45. The van der Waals surface area contributed by atoms with Crippen molar-refractivity contribution in [3.8, 4) is 0 Å². The Labute approximate surface area is 85.8 Å². The maximum Gasteiger partial charge on any atom is 0.0702 e. The van der Waals surface area contributed by atoms with Gasteiger partial charge in [-0.1, -0.05) is 33.4 Å². The molecule has 1 aromatic carbocycles. The summed E-state index contributed by atoms with van der Waals surface area (Å²) in [5, 5.41) is 1.23. The fraction of sp³-hybridized carbons (Fsp3) is 0.308. The van der Waals surface area contributed by atoms with Gasteiger partial charge < -0.3 is 0 Å². The van der Waals surface area contributed by atoms with Gasteiger partial charge in [0.25, 0.3) is 0 Å². The molecule has 0 bridgehead atoms. The molecule has 2 rings (SSSR count). The smallest absolute Gasteiger partial charge is 0.0702 e. The van der Waals surface area contributed by atoms with Crippen molar-refractivity contribution in [3.63, 3.8) is 0 Å².